The average Bonchev–Trinajstić information content (AvgIpc) is 3.27. The highest BCUT2D eigenvalue weighted by atomic mass is 16.5. The van der Waals surface area contributed by atoms with Crippen LogP contribution in [0.1, 0.15) is 32.6 Å². The molecule has 0 aromatic rings. The van der Waals surface area contributed by atoms with Crippen molar-refractivity contribution in [3.05, 3.63) is 0 Å². The van der Waals surface area contributed by atoms with E-state index in [0.29, 0.717) is 31.8 Å². The van der Waals surface area contributed by atoms with Crippen LogP contribution in [-0.2, 0) is 14.3 Å². The quantitative estimate of drug-likeness (QED) is 0.546. The highest BCUT2D eigenvalue weighted by Crippen LogP contribution is 2.26. The van der Waals surface area contributed by atoms with Crippen LogP contribution in [0.3, 0.4) is 0 Å². The van der Waals surface area contributed by atoms with E-state index in [-0.39, 0.29) is 24.0 Å². The minimum atomic E-state index is -0.207. The molecule has 0 radical (unpaired) electrons. The lowest BCUT2D eigenvalue weighted by molar-refractivity contribution is -0.149. The van der Waals surface area contributed by atoms with Crippen LogP contribution in [0.2, 0.25) is 0 Å². The first-order valence-electron chi connectivity index (χ1n) is 9.93. The van der Waals surface area contributed by atoms with E-state index in [2.05, 4.69) is 15.5 Å². The van der Waals surface area contributed by atoms with Gasteiger partial charge in [0.15, 0.2) is 0 Å². The van der Waals surface area contributed by atoms with E-state index in [9.17, 15) is 9.59 Å². The Hall–Kier alpha value is -1.22. The molecule has 4 aliphatic rings. The Morgan fingerprint density at radius 3 is 2.77 bits per heavy atom. The molecule has 4 aliphatic heterocycles. The third-order valence-corrected chi connectivity index (χ3v) is 5.95. The van der Waals surface area contributed by atoms with E-state index in [1.807, 2.05) is 4.90 Å². The van der Waals surface area contributed by atoms with Gasteiger partial charge in [0.1, 0.15) is 6.04 Å². The predicted octanol–water partition coefficient (Wildman–Crippen LogP) is -1.07. The van der Waals surface area contributed by atoms with Gasteiger partial charge in [-0.25, -0.2) is 0 Å². The summed E-state index contributed by atoms with van der Waals surface area (Å²) in [5, 5.41) is 15.2. The summed E-state index contributed by atoms with van der Waals surface area (Å²) in [6, 6.07) is 0.845. The molecule has 0 aliphatic carbocycles. The molecule has 0 saturated carbocycles. The maximum absolute atomic E-state index is 11.6. The van der Waals surface area contributed by atoms with Crippen molar-refractivity contribution in [2.75, 3.05) is 45.9 Å². The number of aliphatic hydroxyl groups is 1. The first-order valence-corrected chi connectivity index (χ1v) is 9.93. The summed E-state index contributed by atoms with van der Waals surface area (Å²) >= 11 is 0. The molecule has 0 spiro atoms. The Morgan fingerprint density at radius 1 is 1.19 bits per heavy atom. The molecule has 0 aromatic carbocycles. The van der Waals surface area contributed by atoms with Gasteiger partial charge < -0.3 is 20.5 Å². The van der Waals surface area contributed by atoms with E-state index in [4.69, 9.17) is 9.84 Å². The molecule has 26 heavy (non-hydrogen) atoms. The number of nitrogens with one attached hydrogen (secondary N) is 2. The Morgan fingerprint density at radius 2 is 2.00 bits per heavy atom. The van der Waals surface area contributed by atoms with Crippen LogP contribution >= 0.6 is 0 Å². The molecule has 4 fully saturated rings. The van der Waals surface area contributed by atoms with Crippen LogP contribution in [0, 0.1) is 0 Å². The number of fused-ring (bicyclic) bond motifs is 2. The second kappa shape index (κ2) is 9.12. The Balaban J connectivity index is 0.000000158. The fourth-order valence-corrected chi connectivity index (χ4v) is 4.65. The lowest BCUT2D eigenvalue weighted by Crippen LogP contribution is -2.55. The summed E-state index contributed by atoms with van der Waals surface area (Å²) in [7, 11) is 0. The van der Waals surface area contributed by atoms with E-state index in [1.54, 1.807) is 6.92 Å². The average molecular weight is 368 g/mol. The summed E-state index contributed by atoms with van der Waals surface area (Å²) in [6.07, 6.45) is 3.94. The van der Waals surface area contributed by atoms with E-state index >= 15 is 0 Å². The zero-order valence-electron chi connectivity index (χ0n) is 15.7. The molecule has 0 bridgehead atoms. The van der Waals surface area contributed by atoms with Crippen molar-refractivity contribution < 1.29 is 19.4 Å². The molecule has 1 amide bonds. The molecule has 3 N–H and O–H groups in total. The molecular formula is C18H32N4O4. The van der Waals surface area contributed by atoms with Crippen molar-refractivity contribution in [1.82, 2.24) is 20.4 Å². The van der Waals surface area contributed by atoms with E-state index in [1.165, 1.54) is 12.8 Å². The smallest absolute Gasteiger partial charge is 0.323 e. The molecule has 0 unspecified atom stereocenters. The molecule has 148 valence electrons. The van der Waals surface area contributed by atoms with Gasteiger partial charge in [-0.05, 0) is 32.6 Å². The maximum Gasteiger partial charge on any atom is 0.323 e. The summed E-state index contributed by atoms with van der Waals surface area (Å²) in [6.45, 7) is 7.26. The van der Waals surface area contributed by atoms with Gasteiger partial charge in [-0.1, -0.05) is 0 Å². The van der Waals surface area contributed by atoms with Gasteiger partial charge in [0, 0.05) is 44.8 Å². The number of carbonyl (C=O) groups excluding carboxylic acids is 2. The second-order valence-corrected chi connectivity index (χ2v) is 7.40. The minimum Gasteiger partial charge on any atom is -0.465 e. The Labute approximate surface area is 155 Å². The normalized spacial score (nSPS) is 34.3. The summed E-state index contributed by atoms with van der Waals surface area (Å²) in [5.74, 6) is -0.136. The van der Waals surface area contributed by atoms with Crippen molar-refractivity contribution in [2.24, 2.45) is 0 Å². The van der Waals surface area contributed by atoms with Crippen LogP contribution in [0.15, 0.2) is 0 Å². The van der Waals surface area contributed by atoms with Gasteiger partial charge in [-0.15, -0.1) is 0 Å². The van der Waals surface area contributed by atoms with Crippen LogP contribution < -0.4 is 10.6 Å². The van der Waals surface area contributed by atoms with Crippen molar-refractivity contribution in [2.45, 2.75) is 56.8 Å². The van der Waals surface area contributed by atoms with Gasteiger partial charge in [-0.3, -0.25) is 19.4 Å². The monoisotopic (exact) mass is 368 g/mol. The lowest BCUT2D eigenvalue weighted by Gasteiger charge is -2.33. The number of amides is 1. The molecule has 4 rings (SSSR count). The number of ether oxygens (including phenoxy) is 1. The van der Waals surface area contributed by atoms with E-state index in [0.717, 1.165) is 39.0 Å². The fourth-order valence-electron chi connectivity index (χ4n) is 4.65. The molecule has 8 heteroatoms. The third kappa shape index (κ3) is 4.19. The number of rotatable bonds is 3. The Bertz CT molecular complexity index is 498. The number of nitrogens with zero attached hydrogens (tertiary/aromatic N) is 2. The summed E-state index contributed by atoms with van der Waals surface area (Å²) in [4.78, 5) is 27.5. The number of esters is 1. The first-order chi connectivity index (χ1) is 12.7. The lowest BCUT2D eigenvalue weighted by atomic mass is 10.2. The van der Waals surface area contributed by atoms with Gasteiger partial charge in [-0.2, -0.15) is 0 Å². The van der Waals surface area contributed by atoms with E-state index < -0.39 is 0 Å². The third-order valence-electron chi connectivity index (χ3n) is 5.95. The van der Waals surface area contributed by atoms with Crippen LogP contribution in [0.25, 0.3) is 0 Å². The summed E-state index contributed by atoms with van der Waals surface area (Å²) < 4.78 is 5.00. The zero-order chi connectivity index (χ0) is 18.5. The number of hydrogen-bond donors (Lipinski definition) is 3. The topological polar surface area (TPSA) is 94.1 Å². The van der Waals surface area contributed by atoms with Crippen molar-refractivity contribution >= 4 is 11.9 Å². The second-order valence-electron chi connectivity index (χ2n) is 7.40. The number of aliphatic hydroxyl groups excluding tert-OH is 1. The highest BCUT2D eigenvalue weighted by molar-refractivity contribution is 5.85. The maximum atomic E-state index is 11.6. The first kappa shape index (κ1) is 19.5. The summed E-state index contributed by atoms with van der Waals surface area (Å²) in [5.41, 5.74) is 0. The molecule has 0 aromatic heterocycles. The van der Waals surface area contributed by atoms with Gasteiger partial charge >= 0.3 is 5.97 Å². The largest absolute Gasteiger partial charge is 0.465 e. The van der Waals surface area contributed by atoms with Crippen molar-refractivity contribution in [1.29, 1.82) is 0 Å². The van der Waals surface area contributed by atoms with Gasteiger partial charge in [0.25, 0.3) is 0 Å². The SMILES string of the molecule is CCOC(=O)[C@H]1CC[C@H]2C(=O)NCCN12.OC[C@H]1CC[C@H]2CNCCN12. The number of piperazine rings is 2. The van der Waals surface area contributed by atoms with Gasteiger partial charge in [0.2, 0.25) is 5.91 Å². The Kier molecular flexibility index (Phi) is 6.86. The predicted molar refractivity (Wildman–Crippen MR) is 96.6 cm³/mol. The molecule has 4 atom stereocenters. The molecular weight excluding hydrogens is 336 g/mol. The van der Waals surface area contributed by atoms with Crippen LogP contribution in [0.5, 0.6) is 0 Å². The number of carbonyl (C=O) groups is 2. The van der Waals surface area contributed by atoms with Gasteiger partial charge in [0.05, 0.1) is 19.3 Å². The zero-order valence-corrected chi connectivity index (χ0v) is 15.7. The molecule has 4 saturated heterocycles. The van der Waals surface area contributed by atoms with Crippen molar-refractivity contribution in [3.8, 4) is 0 Å². The fraction of sp³-hybridized carbons (Fsp3) is 0.889. The minimum absolute atomic E-state index is 0.0491. The highest BCUT2D eigenvalue weighted by Gasteiger charge is 2.43. The number of hydrogen-bond acceptors (Lipinski definition) is 7. The van der Waals surface area contributed by atoms with Crippen molar-refractivity contribution in [3.63, 3.8) is 0 Å². The molecule has 4 heterocycles. The van der Waals surface area contributed by atoms with Crippen LogP contribution in [-0.4, -0.2) is 96.9 Å². The standard InChI is InChI=1S/C10H16N2O3.C8H16N2O/c1-2-15-10(14)8-4-3-7-9(13)11-5-6-12(7)8;11-6-8-2-1-7-5-9-3-4-10(7)8/h7-8H,2-6H2,1H3,(H,11,13);7-9,11H,1-6H2/t2*7-,8+/m00/s1. The van der Waals surface area contributed by atoms with Crippen LogP contribution in [0.4, 0.5) is 0 Å². The molecule has 8 nitrogen and oxygen atoms in total.